The van der Waals surface area contributed by atoms with Crippen molar-refractivity contribution in [1.82, 2.24) is 4.90 Å². The maximum Gasteiger partial charge on any atom is 0.225 e. The number of carbonyl (C=O) groups excluding carboxylic acids is 2. The lowest BCUT2D eigenvalue weighted by Crippen LogP contribution is -2.36. The first kappa shape index (κ1) is 11.1. The monoisotopic (exact) mass is 171 g/mol. The minimum atomic E-state index is -0.0171. The normalized spacial score (nSPS) is 10.0. The molecule has 0 N–H and O–H groups in total. The highest BCUT2D eigenvalue weighted by molar-refractivity contribution is 5.80. The molecule has 3 heteroatoms. The van der Waals surface area contributed by atoms with Crippen molar-refractivity contribution in [2.24, 2.45) is 5.92 Å². The molecule has 0 saturated heterocycles. The number of rotatable bonds is 5. The molecular formula is C9H17NO2. The van der Waals surface area contributed by atoms with Gasteiger partial charge >= 0.3 is 0 Å². The standard InChI is InChI=1S/C9H17NO2/c1-4-5-10(6-7-11)9(12)8(2)3/h7-8H,4-6H2,1-3H3. The summed E-state index contributed by atoms with van der Waals surface area (Å²) in [6.07, 6.45) is 1.67. The maximum absolute atomic E-state index is 11.4. The van der Waals surface area contributed by atoms with Gasteiger partial charge in [-0.05, 0) is 6.42 Å². The van der Waals surface area contributed by atoms with Crippen molar-refractivity contribution in [2.75, 3.05) is 13.1 Å². The number of hydrogen-bond donors (Lipinski definition) is 0. The van der Waals surface area contributed by atoms with E-state index >= 15 is 0 Å². The number of amides is 1. The van der Waals surface area contributed by atoms with E-state index in [0.29, 0.717) is 6.54 Å². The zero-order valence-corrected chi connectivity index (χ0v) is 8.04. The second kappa shape index (κ2) is 5.75. The smallest absolute Gasteiger partial charge is 0.225 e. The maximum atomic E-state index is 11.4. The molecule has 0 saturated carbocycles. The van der Waals surface area contributed by atoms with Crippen LogP contribution in [0.5, 0.6) is 0 Å². The number of aldehydes is 1. The van der Waals surface area contributed by atoms with Crippen LogP contribution in [0, 0.1) is 5.92 Å². The molecule has 0 spiro atoms. The summed E-state index contributed by atoms with van der Waals surface area (Å²) in [4.78, 5) is 23.2. The number of hydrogen-bond acceptors (Lipinski definition) is 2. The van der Waals surface area contributed by atoms with E-state index in [4.69, 9.17) is 0 Å². The molecule has 0 unspecified atom stereocenters. The first-order valence-electron chi connectivity index (χ1n) is 4.35. The van der Waals surface area contributed by atoms with Gasteiger partial charge in [0.2, 0.25) is 5.91 Å². The van der Waals surface area contributed by atoms with Crippen molar-refractivity contribution >= 4 is 12.2 Å². The summed E-state index contributed by atoms with van der Waals surface area (Å²) in [5, 5.41) is 0. The zero-order valence-electron chi connectivity index (χ0n) is 8.04. The quantitative estimate of drug-likeness (QED) is 0.580. The van der Waals surface area contributed by atoms with Crippen LogP contribution in [0.2, 0.25) is 0 Å². The van der Waals surface area contributed by atoms with Gasteiger partial charge in [-0.3, -0.25) is 4.79 Å². The van der Waals surface area contributed by atoms with Crippen LogP contribution in [0.4, 0.5) is 0 Å². The number of carbonyl (C=O) groups is 2. The molecule has 0 bridgehead atoms. The lowest BCUT2D eigenvalue weighted by atomic mass is 10.2. The van der Waals surface area contributed by atoms with E-state index in [0.717, 1.165) is 12.7 Å². The van der Waals surface area contributed by atoms with Crippen LogP contribution in [-0.4, -0.2) is 30.2 Å². The van der Waals surface area contributed by atoms with E-state index in [-0.39, 0.29) is 18.4 Å². The molecule has 0 aliphatic carbocycles. The van der Waals surface area contributed by atoms with Crippen LogP contribution in [0.1, 0.15) is 27.2 Å². The summed E-state index contributed by atoms with van der Waals surface area (Å²) < 4.78 is 0. The van der Waals surface area contributed by atoms with E-state index < -0.39 is 0 Å². The van der Waals surface area contributed by atoms with Gasteiger partial charge in [0.25, 0.3) is 0 Å². The van der Waals surface area contributed by atoms with Crippen molar-refractivity contribution in [2.45, 2.75) is 27.2 Å². The Bertz CT molecular complexity index is 155. The molecule has 0 aromatic rings. The van der Waals surface area contributed by atoms with Crippen LogP contribution in [-0.2, 0) is 9.59 Å². The van der Waals surface area contributed by atoms with Gasteiger partial charge in [0.15, 0.2) is 0 Å². The predicted molar refractivity (Wildman–Crippen MR) is 47.8 cm³/mol. The van der Waals surface area contributed by atoms with E-state index in [1.807, 2.05) is 20.8 Å². The van der Waals surface area contributed by atoms with E-state index in [2.05, 4.69) is 0 Å². The Kier molecular flexibility index (Phi) is 5.34. The third kappa shape index (κ3) is 3.51. The zero-order chi connectivity index (χ0) is 9.56. The van der Waals surface area contributed by atoms with E-state index in [1.54, 1.807) is 4.90 Å². The van der Waals surface area contributed by atoms with Crippen LogP contribution in [0.3, 0.4) is 0 Å². The SMILES string of the molecule is CCCN(CC=O)C(=O)C(C)C. The highest BCUT2D eigenvalue weighted by Crippen LogP contribution is 2.01. The van der Waals surface area contributed by atoms with Crippen molar-refractivity contribution in [3.05, 3.63) is 0 Å². The fourth-order valence-corrected chi connectivity index (χ4v) is 1.02. The lowest BCUT2D eigenvalue weighted by molar-refractivity contribution is -0.136. The molecule has 0 rings (SSSR count). The minimum Gasteiger partial charge on any atom is -0.335 e. The van der Waals surface area contributed by atoms with E-state index in [1.165, 1.54) is 0 Å². The predicted octanol–water partition coefficient (Wildman–Crippen LogP) is 1.08. The lowest BCUT2D eigenvalue weighted by Gasteiger charge is -2.21. The second-order valence-corrected chi connectivity index (χ2v) is 3.11. The van der Waals surface area contributed by atoms with Gasteiger partial charge in [0, 0.05) is 12.5 Å². The molecule has 70 valence electrons. The molecule has 0 aromatic heterocycles. The Balaban J connectivity index is 4.08. The Morgan fingerprint density at radius 3 is 2.42 bits per heavy atom. The summed E-state index contributed by atoms with van der Waals surface area (Å²) >= 11 is 0. The molecule has 0 heterocycles. The molecule has 0 aromatic carbocycles. The summed E-state index contributed by atoms with van der Waals surface area (Å²) in [5.41, 5.74) is 0. The molecule has 1 amide bonds. The van der Waals surface area contributed by atoms with Gasteiger partial charge in [-0.1, -0.05) is 20.8 Å². The summed E-state index contributed by atoms with van der Waals surface area (Å²) in [6, 6.07) is 0. The summed E-state index contributed by atoms with van der Waals surface area (Å²) in [7, 11) is 0. The van der Waals surface area contributed by atoms with Crippen molar-refractivity contribution in [1.29, 1.82) is 0 Å². The van der Waals surface area contributed by atoms with Gasteiger partial charge in [0.1, 0.15) is 6.29 Å². The molecule has 0 fully saturated rings. The van der Waals surface area contributed by atoms with Crippen LogP contribution >= 0.6 is 0 Å². The third-order valence-corrected chi connectivity index (χ3v) is 1.59. The third-order valence-electron chi connectivity index (χ3n) is 1.59. The Hall–Kier alpha value is -0.860. The molecule has 3 nitrogen and oxygen atoms in total. The fraction of sp³-hybridized carbons (Fsp3) is 0.778. The highest BCUT2D eigenvalue weighted by Gasteiger charge is 2.14. The van der Waals surface area contributed by atoms with Gasteiger partial charge in [-0.2, -0.15) is 0 Å². The summed E-state index contributed by atoms with van der Waals surface area (Å²) in [6.45, 7) is 6.58. The van der Waals surface area contributed by atoms with Crippen molar-refractivity contribution in [3.63, 3.8) is 0 Å². The molecule has 12 heavy (non-hydrogen) atoms. The van der Waals surface area contributed by atoms with Gasteiger partial charge < -0.3 is 9.69 Å². The average Bonchev–Trinajstić information content (AvgIpc) is 2.03. The minimum absolute atomic E-state index is 0.0171. The Labute approximate surface area is 73.7 Å². The van der Waals surface area contributed by atoms with Crippen molar-refractivity contribution in [3.8, 4) is 0 Å². The molecule has 0 aliphatic rings. The largest absolute Gasteiger partial charge is 0.335 e. The summed E-state index contributed by atoms with van der Waals surface area (Å²) in [5.74, 6) is 0.0421. The first-order valence-corrected chi connectivity index (χ1v) is 4.35. The molecule has 0 radical (unpaired) electrons. The average molecular weight is 171 g/mol. The molecule has 0 atom stereocenters. The van der Waals surface area contributed by atoms with Gasteiger partial charge in [0.05, 0.1) is 6.54 Å². The topological polar surface area (TPSA) is 37.4 Å². The fourth-order valence-electron chi connectivity index (χ4n) is 1.02. The number of nitrogens with zero attached hydrogens (tertiary/aromatic N) is 1. The van der Waals surface area contributed by atoms with Crippen LogP contribution in [0.15, 0.2) is 0 Å². The highest BCUT2D eigenvalue weighted by atomic mass is 16.2. The first-order chi connectivity index (χ1) is 5.63. The second-order valence-electron chi connectivity index (χ2n) is 3.11. The van der Waals surface area contributed by atoms with Gasteiger partial charge in [-0.15, -0.1) is 0 Å². The van der Waals surface area contributed by atoms with Crippen LogP contribution < -0.4 is 0 Å². The molecule has 0 aliphatic heterocycles. The van der Waals surface area contributed by atoms with E-state index in [9.17, 15) is 9.59 Å². The van der Waals surface area contributed by atoms with Crippen LogP contribution in [0.25, 0.3) is 0 Å². The van der Waals surface area contributed by atoms with Crippen molar-refractivity contribution < 1.29 is 9.59 Å². The molecular weight excluding hydrogens is 154 g/mol. The van der Waals surface area contributed by atoms with Gasteiger partial charge in [-0.25, -0.2) is 0 Å². The Morgan fingerprint density at radius 2 is 2.08 bits per heavy atom. The Morgan fingerprint density at radius 1 is 1.50 bits per heavy atom.